The first-order valence-corrected chi connectivity index (χ1v) is 6.98. The van der Waals surface area contributed by atoms with E-state index in [1.54, 1.807) is 24.4 Å². The molecule has 0 saturated heterocycles. The third-order valence-corrected chi connectivity index (χ3v) is 3.44. The van der Waals surface area contributed by atoms with Crippen LogP contribution < -0.4 is 4.90 Å². The molecule has 1 aromatic carbocycles. The predicted molar refractivity (Wildman–Crippen MR) is 84.5 cm³/mol. The van der Waals surface area contributed by atoms with E-state index in [1.807, 2.05) is 25.1 Å². The second kappa shape index (κ2) is 5.99. The average molecular weight is 362 g/mol. The zero-order chi connectivity index (χ0) is 14.0. The van der Waals surface area contributed by atoms with E-state index in [9.17, 15) is 0 Å². The summed E-state index contributed by atoms with van der Waals surface area (Å²) in [6.07, 6.45) is 1.62. The molecule has 2 aromatic rings. The maximum absolute atomic E-state index is 6.04. The van der Waals surface area contributed by atoms with E-state index < -0.39 is 0 Å². The van der Waals surface area contributed by atoms with E-state index in [2.05, 4.69) is 20.9 Å². The number of benzene rings is 1. The van der Waals surface area contributed by atoms with Gasteiger partial charge in [-0.3, -0.25) is 4.99 Å². The number of hydrogen-bond donors (Lipinski definition) is 0. The SMILES string of the molecule is CN(C)c1oc(C=Nc2ccc(Cl)cc2Cl)cc1Br. The molecule has 0 radical (unpaired) electrons. The third-order valence-electron chi connectivity index (χ3n) is 2.33. The molecule has 0 saturated carbocycles. The molecule has 0 N–H and O–H groups in total. The van der Waals surface area contributed by atoms with Crippen molar-refractivity contribution in [3.05, 3.63) is 44.5 Å². The normalized spacial score (nSPS) is 11.2. The first-order valence-electron chi connectivity index (χ1n) is 5.43. The summed E-state index contributed by atoms with van der Waals surface area (Å²) in [4.78, 5) is 6.15. The van der Waals surface area contributed by atoms with Crippen LogP contribution in [0.2, 0.25) is 10.0 Å². The van der Waals surface area contributed by atoms with Gasteiger partial charge in [0.1, 0.15) is 5.76 Å². The van der Waals surface area contributed by atoms with Gasteiger partial charge in [0.15, 0.2) is 0 Å². The summed E-state index contributed by atoms with van der Waals surface area (Å²) < 4.78 is 6.50. The Hall–Kier alpha value is -0.970. The van der Waals surface area contributed by atoms with Gasteiger partial charge in [-0.25, -0.2) is 0 Å². The van der Waals surface area contributed by atoms with Crippen molar-refractivity contribution in [1.82, 2.24) is 0 Å². The van der Waals surface area contributed by atoms with E-state index in [0.717, 1.165) is 10.4 Å². The van der Waals surface area contributed by atoms with Crippen LogP contribution >= 0.6 is 39.1 Å². The fourth-order valence-electron chi connectivity index (χ4n) is 1.46. The van der Waals surface area contributed by atoms with Crippen LogP contribution in [0.3, 0.4) is 0 Å². The summed E-state index contributed by atoms with van der Waals surface area (Å²) in [5.41, 5.74) is 0.644. The lowest BCUT2D eigenvalue weighted by molar-refractivity contribution is 0.557. The molecular weight excluding hydrogens is 351 g/mol. The van der Waals surface area contributed by atoms with Gasteiger partial charge in [-0.15, -0.1) is 0 Å². The van der Waals surface area contributed by atoms with Gasteiger partial charge in [0, 0.05) is 25.2 Å². The van der Waals surface area contributed by atoms with Gasteiger partial charge >= 0.3 is 0 Å². The molecular formula is C13H11BrCl2N2O. The Morgan fingerprint density at radius 2 is 2.00 bits per heavy atom. The lowest BCUT2D eigenvalue weighted by Gasteiger charge is -2.07. The highest BCUT2D eigenvalue weighted by atomic mass is 79.9. The van der Waals surface area contributed by atoms with Crippen LogP contribution in [-0.2, 0) is 0 Å². The highest BCUT2D eigenvalue weighted by Crippen LogP contribution is 2.30. The largest absolute Gasteiger partial charge is 0.438 e. The van der Waals surface area contributed by atoms with Crippen molar-refractivity contribution in [2.24, 2.45) is 4.99 Å². The second-order valence-corrected chi connectivity index (χ2v) is 5.75. The molecule has 2 rings (SSSR count). The molecule has 0 amide bonds. The highest BCUT2D eigenvalue weighted by Gasteiger charge is 2.09. The summed E-state index contributed by atoms with van der Waals surface area (Å²) in [6.45, 7) is 0. The van der Waals surface area contributed by atoms with E-state index in [4.69, 9.17) is 27.6 Å². The molecule has 0 aliphatic rings. The molecule has 1 heterocycles. The van der Waals surface area contributed by atoms with Gasteiger partial charge in [-0.05, 0) is 34.1 Å². The fraction of sp³-hybridized carbons (Fsp3) is 0.154. The number of anilines is 1. The van der Waals surface area contributed by atoms with E-state index in [0.29, 0.717) is 21.5 Å². The monoisotopic (exact) mass is 360 g/mol. The Morgan fingerprint density at radius 3 is 2.58 bits per heavy atom. The van der Waals surface area contributed by atoms with Crippen molar-refractivity contribution in [2.45, 2.75) is 0 Å². The van der Waals surface area contributed by atoms with E-state index >= 15 is 0 Å². The van der Waals surface area contributed by atoms with Crippen molar-refractivity contribution in [3.8, 4) is 0 Å². The molecule has 0 aliphatic carbocycles. The van der Waals surface area contributed by atoms with Crippen molar-refractivity contribution < 1.29 is 4.42 Å². The van der Waals surface area contributed by atoms with Crippen molar-refractivity contribution in [2.75, 3.05) is 19.0 Å². The van der Waals surface area contributed by atoms with Crippen molar-refractivity contribution in [3.63, 3.8) is 0 Å². The minimum atomic E-state index is 0.502. The highest BCUT2D eigenvalue weighted by molar-refractivity contribution is 9.10. The van der Waals surface area contributed by atoms with Crippen LogP contribution in [0.4, 0.5) is 11.6 Å². The summed E-state index contributed by atoms with van der Waals surface area (Å²) in [5, 5.41) is 1.08. The third kappa shape index (κ3) is 3.53. The topological polar surface area (TPSA) is 28.7 Å². The van der Waals surface area contributed by atoms with Gasteiger partial charge in [0.2, 0.25) is 5.88 Å². The first-order chi connectivity index (χ1) is 8.97. The summed E-state index contributed by atoms with van der Waals surface area (Å²) in [7, 11) is 3.81. The smallest absolute Gasteiger partial charge is 0.210 e. The number of halogens is 3. The fourth-order valence-corrected chi connectivity index (χ4v) is 2.58. The maximum Gasteiger partial charge on any atom is 0.210 e. The first kappa shape index (κ1) is 14.4. The lowest BCUT2D eigenvalue weighted by Crippen LogP contribution is -2.07. The second-order valence-electron chi connectivity index (χ2n) is 4.05. The Balaban J connectivity index is 2.25. The van der Waals surface area contributed by atoms with Crippen LogP contribution in [0.1, 0.15) is 5.76 Å². The van der Waals surface area contributed by atoms with Gasteiger partial charge in [0.05, 0.1) is 21.4 Å². The summed E-state index contributed by atoms with van der Waals surface area (Å²) >= 11 is 15.3. The van der Waals surface area contributed by atoms with E-state index in [1.165, 1.54) is 0 Å². The number of nitrogens with zero attached hydrogens (tertiary/aromatic N) is 2. The maximum atomic E-state index is 6.04. The molecule has 0 spiro atoms. The quantitative estimate of drug-likeness (QED) is 0.706. The number of hydrogen-bond acceptors (Lipinski definition) is 3. The number of furan rings is 1. The van der Waals surface area contributed by atoms with Gasteiger partial charge in [-0.1, -0.05) is 23.2 Å². The van der Waals surface area contributed by atoms with Crippen LogP contribution in [-0.4, -0.2) is 20.3 Å². The molecule has 0 atom stereocenters. The standard InChI is InChI=1S/C13H11BrCl2N2O/c1-18(2)13-10(14)6-9(19-13)7-17-12-4-3-8(15)5-11(12)16/h3-7H,1-2H3. The Kier molecular flexibility index (Phi) is 4.55. The lowest BCUT2D eigenvalue weighted by atomic mass is 10.3. The minimum absolute atomic E-state index is 0.502. The van der Waals surface area contributed by atoms with Gasteiger partial charge < -0.3 is 9.32 Å². The minimum Gasteiger partial charge on any atom is -0.438 e. The molecule has 6 heteroatoms. The van der Waals surface area contributed by atoms with Gasteiger partial charge in [-0.2, -0.15) is 0 Å². The Labute approximate surface area is 130 Å². The van der Waals surface area contributed by atoms with Crippen molar-refractivity contribution in [1.29, 1.82) is 0 Å². The Morgan fingerprint density at radius 1 is 1.26 bits per heavy atom. The molecule has 19 heavy (non-hydrogen) atoms. The predicted octanol–water partition coefficient (Wildman–Crippen LogP) is 5.17. The molecule has 100 valence electrons. The molecule has 0 aliphatic heterocycles. The van der Waals surface area contributed by atoms with Crippen LogP contribution in [0.15, 0.2) is 38.1 Å². The summed E-state index contributed by atoms with van der Waals surface area (Å²) in [5.74, 6) is 1.38. The average Bonchev–Trinajstić information content (AvgIpc) is 2.69. The number of aliphatic imine (C=N–C) groups is 1. The van der Waals surface area contributed by atoms with E-state index in [-0.39, 0.29) is 0 Å². The molecule has 0 unspecified atom stereocenters. The molecule has 3 nitrogen and oxygen atoms in total. The van der Waals surface area contributed by atoms with Crippen LogP contribution in [0, 0.1) is 0 Å². The Bertz CT molecular complexity index is 623. The van der Waals surface area contributed by atoms with Gasteiger partial charge in [0.25, 0.3) is 0 Å². The zero-order valence-electron chi connectivity index (χ0n) is 10.3. The molecule has 1 aromatic heterocycles. The van der Waals surface area contributed by atoms with Crippen LogP contribution in [0.25, 0.3) is 0 Å². The van der Waals surface area contributed by atoms with Crippen LogP contribution in [0.5, 0.6) is 0 Å². The van der Waals surface area contributed by atoms with Crippen molar-refractivity contribution >= 4 is 56.9 Å². The molecule has 0 bridgehead atoms. The zero-order valence-corrected chi connectivity index (χ0v) is 13.4. The summed E-state index contributed by atoms with van der Waals surface area (Å²) in [6, 6.07) is 7.00. The number of rotatable bonds is 3. The molecule has 0 fully saturated rings.